The number of nitrogens with two attached hydrogens (primary N) is 3. The van der Waals surface area contributed by atoms with Gasteiger partial charge in [0.25, 0.3) is 5.91 Å². The first-order valence-corrected chi connectivity index (χ1v) is 16.3. The standard InChI is InChI=1S/C31H51ClN8O7/c1-2-3-4-7-14-40(18-24(44)22(42)17-23(43)25(45)19-41)15-16-47-21-11-9-20(10-12-21)8-5-6-13-36-31(35)39-30(46)26-28(33)38-29(34)27(32)37-26/h9-12,22-25,41-45H,2-8,13-19H2,1H3,(H4,33,34,38)(H3,35,36,39,46)/t22-,23-,24-,25+/m0/s1. The minimum absolute atomic E-state index is 0.0763. The van der Waals surface area contributed by atoms with Crippen LogP contribution in [0.4, 0.5) is 11.6 Å². The molecule has 0 unspecified atom stereocenters. The summed E-state index contributed by atoms with van der Waals surface area (Å²) in [6.07, 6.45) is 1.25. The number of carbonyl (C=O) groups is 1. The highest BCUT2D eigenvalue weighted by Crippen LogP contribution is 2.17. The summed E-state index contributed by atoms with van der Waals surface area (Å²) in [4.78, 5) is 26.1. The van der Waals surface area contributed by atoms with E-state index in [1.54, 1.807) is 0 Å². The average Bonchev–Trinajstić information content (AvgIpc) is 3.04. The minimum Gasteiger partial charge on any atom is -0.492 e. The van der Waals surface area contributed by atoms with Crippen molar-refractivity contribution < 1.29 is 35.1 Å². The van der Waals surface area contributed by atoms with Crippen molar-refractivity contribution in [2.24, 2.45) is 10.7 Å². The van der Waals surface area contributed by atoms with Crippen LogP contribution in [0.25, 0.3) is 0 Å². The van der Waals surface area contributed by atoms with E-state index in [4.69, 9.17) is 38.6 Å². The van der Waals surface area contributed by atoms with Crippen LogP contribution in [0, 0.1) is 0 Å². The summed E-state index contributed by atoms with van der Waals surface area (Å²) in [5.41, 5.74) is 17.9. The molecule has 0 saturated carbocycles. The lowest BCUT2D eigenvalue weighted by Gasteiger charge is -2.28. The van der Waals surface area contributed by atoms with Crippen LogP contribution in [-0.4, -0.2) is 116 Å². The van der Waals surface area contributed by atoms with Crippen molar-refractivity contribution in [1.82, 2.24) is 20.2 Å². The number of amides is 1. The lowest BCUT2D eigenvalue weighted by atomic mass is 10.0. The molecule has 0 aliphatic rings. The van der Waals surface area contributed by atoms with E-state index in [2.05, 4.69) is 27.2 Å². The van der Waals surface area contributed by atoms with Crippen molar-refractivity contribution in [3.8, 4) is 5.75 Å². The molecule has 2 rings (SSSR count). The van der Waals surface area contributed by atoms with Crippen molar-refractivity contribution >= 4 is 35.1 Å². The van der Waals surface area contributed by atoms with Gasteiger partial charge in [0.1, 0.15) is 18.5 Å². The molecule has 0 aliphatic carbocycles. The maximum atomic E-state index is 12.3. The zero-order chi connectivity index (χ0) is 34.8. The number of carbonyl (C=O) groups excluding carboxylic acids is 1. The van der Waals surface area contributed by atoms with E-state index in [1.165, 1.54) is 0 Å². The maximum absolute atomic E-state index is 12.3. The van der Waals surface area contributed by atoms with E-state index in [1.807, 2.05) is 29.2 Å². The van der Waals surface area contributed by atoms with Gasteiger partial charge in [0.15, 0.2) is 28.4 Å². The predicted octanol–water partition coefficient (Wildman–Crippen LogP) is 0.449. The van der Waals surface area contributed by atoms with Gasteiger partial charge in [-0.15, -0.1) is 0 Å². The molecule has 47 heavy (non-hydrogen) atoms. The topological polar surface area (TPSA) is 259 Å². The number of nitrogen functional groups attached to an aromatic ring is 2. The van der Waals surface area contributed by atoms with Crippen LogP contribution in [0.5, 0.6) is 5.75 Å². The average molecular weight is 683 g/mol. The molecule has 1 amide bonds. The van der Waals surface area contributed by atoms with E-state index in [0.29, 0.717) is 25.4 Å². The summed E-state index contributed by atoms with van der Waals surface area (Å²) in [5, 5.41) is 51.6. The molecule has 264 valence electrons. The zero-order valence-electron chi connectivity index (χ0n) is 27.0. The fourth-order valence-electron chi connectivity index (χ4n) is 4.64. The third-order valence-corrected chi connectivity index (χ3v) is 7.73. The van der Waals surface area contributed by atoms with E-state index in [0.717, 1.165) is 57.1 Å². The molecule has 2 aromatic rings. The third-order valence-electron chi connectivity index (χ3n) is 7.45. The Morgan fingerprint density at radius 3 is 2.34 bits per heavy atom. The second-order valence-electron chi connectivity index (χ2n) is 11.4. The lowest BCUT2D eigenvalue weighted by molar-refractivity contribution is -0.0669. The van der Waals surface area contributed by atoms with Crippen molar-refractivity contribution in [1.29, 1.82) is 0 Å². The van der Waals surface area contributed by atoms with Gasteiger partial charge < -0.3 is 47.5 Å². The molecule has 15 nitrogen and oxygen atoms in total. The Balaban J connectivity index is 1.76. The Hall–Kier alpha value is -3.31. The van der Waals surface area contributed by atoms with Crippen molar-refractivity contribution in [2.45, 2.75) is 82.7 Å². The Kier molecular flexibility index (Phi) is 18.3. The number of guanidine groups is 1. The quantitative estimate of drug-likeness (QED) is 0.0465. The molecule has 0 radical (unpaired) electrons. The number of rotatable bonds is 22. The Labute approximate surface area is 280 Å². The van der Waals surface area contributed by atoms with Crippen LogP contribution < -0.4 is 27.3 Å². The molecule has 0 spiro atoms. The van der Waals surface area contributed by atoms with Gasteiger partial charge in [0.05, 0.1) is 24.9 Å². The van der Waals surface area contributed by atoms with E-state index < -0.39 is 36.9 Å². The number of nitrogens with zero attached hydrogens (tertiary/aromatic N) is 4. The molecule has 0 aliphatic heterocycles. The second-order valence-corrected chi connectivity index (χ2v) is 11.7. The van der Waals surface area contributed by atoms with Crippen LogP contribution in [-0.2, 0) is 6.42 Å². The number of benzene rings is 1. The van der Waals surface area contributed by atoms with Crippen LogP contribution in [0.3, 0.4) is 0 Å². The Morgan fingerprint density at radius 1 is 0.957 bits per heavy atom. The van der Waals surface area contributed by atoms with Gasteiger partial charge in [-0.1, -0.05) is 49.9 Å². The number of hydrogen-bond donors (Lipinski definition) is 9. The number of hydrogen-bond acceptors (Lipinski definition) is 13. The Bertz CT molecular complexity index is 1240. The number of aliphatic imine (C=N–C) groups is 1. The van der Waals surface area contributed by atoms with Gasteiger partial charge in [-0.25, -0.2) is 9.97 Å². The van der Waals surface area contributed by atoms with Gasteiger partial charge in [-0.2, -0.15) is 0 Å². The van der Waals surface area contributed by atoms with Crippen LogP contribution in [0.15, 0.2) is 29.3 Å². The van der Waals surface area contributed by atoms with Crippen molar-refractivity contribution in [3.63, 3.8) is 0 Å². The van der Waals surface area contributed by atoms with Crippen LogP contribution in [0.1, 0.15) is 67.9 Å². The van der Waals surface area contributed by atoms with Gasteiger partial charge >= 0.3 is 0 Å². The SMILES string of the molecule is CCCCCCN(CCOc1ccc(CCCCN=C(N)NC(=O)c2nc(Cl)c(N)nc2N)cc1)C[C@H](O)[C@@H](O)C[C@H](O)[C@H](O)CO. The summed E-state index contributed by atoms with van der Waals surface area (Å²) < 4.78 is 5.94. The molecule has 0 bridgehead atoms. The molecule has 1 heterocycles. The molecular formula is C31H51ClN8O7. The van der Waals surface area contributed by atoms with Crippen LogP contribution >= 0.6 is 11.6 Å². The largest absolute Gasteiger partial charge is 0.492 e. The summed E-state index contributed by atoms with van der Waals surface area (Å²) in [5.74, 6) is -0.307. The number of aliphatic hydroxyl groups excluding tert-OH is 5. The monoisotopic (exact) mass is 682 g/mol. The number of aromatic nitrogens is 2. The third kappa shape index (κ3) is 15.0. The van der Waals surface area contributed by atoms with E-state index >= 15 is 0 Å². The molecule has 1 aromatic carbocycles. The highest BCUT2D eigenvalue weighted by atomic mass is 35.5. The first kappa shape index (κ1) is 39.9. The number of ether oxygens (including phenoxy) is 1. The molecule has 4 atom stereocenters. The summed E-state index contributed by atoms with van der Waals surface area (Å²) in [6.45, 7) is 3.71. The number of halogens is 1. The van der Waals surface area contributed by atoms with Gasteiger partial charge in [-0.05, 0) is 49.9 Å². The first-order chi connectivity index (χ1) is 22.4. The fourth-order valence-corrected chi connectivity index (χ4v) is 4.76. The summed E-state index contributed by atoms with van der Waals surface area (Å²) in [7, 11) is 0. The molecule has 0 saturated heterocycles. The molecule has 16 heteroatoms. The smallest absolute Gasteiger partial charge is 0.280 e. The maximum Gasteiger partial charge on any atom is 0.280 e. The summed E-state index contributed by atoms with van der Waals surface area (Å²) in [6, 6.07) is 7.78. The molecular weight excluding hydrogens is 632 g/mol. The molecule has 1 aromatic heterocycles. The number of anilines is 2. The van der Waals surface area contributed by atoms with Crippen molar-refractivity contribution in [2.75, 3.05) is 50.9 Å². The minimum atomic E-state index is -1.37. The molecule has 12 N–H and O–H groups in total. The fraction of sp³-hybridized carbons (Fsp3) is 0.613. The first-order valence-electron chi connectivity index (χ1n) is 15.9. The van der Waals surface area contributed by atoms with Crippen LogP contribution in [0.2, 0.25) is 5.15 Å². The normalized spacial score (nSPS) is 14.5. The van der Waals surface area contributed by atoms with E-state index in [9.17, 15) is 25.2 Å². The number of aryl methyl sites for hydroxylation is 1. The van der Waals surface area contributed by atoms with Gasteiger partial charge in [0.2, 0.25) is 0 Å². The van der Waals surface area contributed by atoms with Gasteiger partial charge in [0, 0.05) is 26.1 Å². The number of unbranched alkanes of at least 4 members (excludes halogenated alkanes) is 4. The summed E-state index contributed by atoms with van der Waals surface area (Å²) >= 11 is 5.81. The predicted molar refractivity (Wildman–Crippen MR) is 181 cm³/mol. The van der Waals surface area contributed by atoms with Gasteiger partial charge in [-0.3, -0.25) is 20.0 Å². The molecule has 0 fully saturated rings. The van der Waals surface area contributed by atoms with Crippen molar-refractivity contribution in [3.05, 3.63) is 40.7 Å². The Morgan fingerprint density at radius 2 is 1.66 bits per heavy atom. The lowest BCUT2D eigenvalue weighted by Crippen LogP contribution is -2.44. The highest BCUT2D eigenvalue weighted by Gasteiger charge is 2.26. The highest BCUT2D eigenvalue weighted by molar-refractivity contribution is 6.31. The number of aliphatic hydroxyl groups is 5. The zero-order valence-corrected chi connectivity index (χ0v) is 27.7. The second kappa shape index (κ2) is 21.5. The number of nitrogens with one attached hydrogen (secondary N) is 1. The van der Waals surface area contributed by atoms with E-state index in [-0.39, 0.29) is 41.4 Å².